The quantitative estimate of drug-likeness (QED) is 0.676. The maximum atomic E-state index is 11.0. The third kappa shape index (κ3) is 1.98. The van der Waals surface area contributed by atoms with E-state index in [9.17, 15) is 4.79 Å². The normalized spacial score (nSPS) is 9.64. The minimum absolute atomic E-state index is 0.227. The zero-order valence-electron chi connectivity index (χ0n) is 6.25. The molecule has 4 nitrogen and oxygen atoms in total. The van der Waals surface area contributed by atoms with Crippen LogP contribution < -0.4 is 4.72 Å². The van der Waals surface area contributed by atoms with Crippen LogP contribution in [0.3, 0.4) is 0 Å². The Labute approximate surface area is 68.5 Å². The number of aromatic nitrogens is 1. The van der Waals surface area contributed by atoms with Gasteiger partial charge in [-0.3, -0.25) is 9.52 Å². The first kappa shape index (κ1) is 8.13. The summed E-state index contributed by atoms with van der Waals surface area (Å²) in [6.45, 7) is 1.69. The van der Waals surface area contributed by atoms with Gasteiger partial charge in [-0.15, -0.1) is 0 Å². The molecular formula is C6H8N2O2S. The maximum Gasteiger partial charge on any atom is 0.283 e. The van der Waals surface area contributed by atoms with E-state index in [1.54, 1.807) is 13.2 Å². The number of aryl methyl sites for hydroxylation is 1. The highest BCUT2D eigenvalue weighted by molar-refractivity contribution is 7.97. The molecule has 0 unspecified atom stereocenters. The van der Waals surface area contributed by atoms with Crippen molar-refractivity contribution in [3.8, 4) is 0 Å². The van der Waals surface area contributed by atoms with Crippen molar-refractivity contribution >= 4 is 17.9 Å². The van der Waals surface area contributed by atoms with Crippen LogP contribution in [0.4, 0.5) is 0 Å². The number of rotatable bonds is 2. The van der Waals surface area contributed by atoms with Crippen LogP contribution in [0.15, 0.2) is 10.7 Å². The minimum atomic E-state index is -0.227. The fraction of sp³-hybridized carbons (Fsp3) is 0.333. The number of nitrogens with one attached hydrogen (secondary N) is 1. The molecule has 5 heteroatoms. The minimum Gasteiger partial charge on any atom is -0.448 e. The molecule has 0 aromatic carbocycles. The SMILES string of the molecule is CSNC(=O)c1coc(C)n1. The third-order valence-corrected chi connectivity index (χ3v) is 1.44. The zero-order valence-corrected chi connectivity index (χ0v) is 7.07. The summed E-state index contributed by atoms with van der Waals surface area (Å²) in [6, 6.07) is 0. The molecule has 1 heterocycles. The fourth-order valence-corrected chi connectivity index (χ4v) is 0.903. The Morgan fingerprint density at radius 3 is 3.00 bits per heavy atom. The molecule has 0 saturated carbocycles. The Kier molecular flexibility index (Phi) is 2.53. The molecule has 0 aliphatic heterocycles. The maximum absolute atomic E-state index is 11.0. The van der Waals surface area contributed by atoms with Gasteiger partial charge in [0.05, 0.1) is 0 Å². The summed E-state index contributed by atoms with van der Waals surface area (Å²) in [5.74, 6) is 0.269. The number of carbonyl (C=O) groups excluding carboxylic acids is 1. The van der Waals surface area contributed by atoms with E-state index in [-0.39, 0.29) is 5.91 Å². The van der Waals surface area contributed by atoms with Crippen molar-refractivity contribution in [1.29, 1.82) is 0 Å². The number of carbonyl (C=O) groups is 1. The summed E-state index contributed by atoms with van der Waals surface area (Å²) >= 11 is 1.23. The molecule has 1 aromatic heterocycles. The average Bonchev–Trinajstić information content (AvgIpc) is 2.36. The second-order valence-corrected chi connectivity index (χ2v) is 2.50. The van der Waals surface area contributed by atoms with Gasteiger partial charge in [-0.1, -0.05) is 11.9 Å². The van der Waals surface area contributed by atoms with Gasteiger partial charge in [-0.25, -0.2) is 4.98 Å². The van der Waals surface area contributed by atoms with Crippen LogP contribution >= 0.6 is 11.9 Å². The molecule has 0 aliphatic rings. The summed E-state index contributed by atoms with van der Waals surface area (Å²) in [6.07, 6.45) is 3.10. The van der Waals surface area contributed by atoms with Crippen molar-refractivity contribution in [2.75, 3.05) is 6.26 Å². The predicted octanol–water partition coefficient (Wildman–Crippen LogP) is 0.991. The molecule has 1 aromatic rings. The predicted molar refractivity (Wildman–Crippen MR) is 42.2 cm³/mol. The average molecular weight is 172 g/mol. The van der Waals surface area contributed by atoms with Crippen LogP contribution in [0.2, 0.25) is 0 Å². The highest BCUT2D eigenvalue weighted by Gasteiger charge is 2.08. The lowest BCUT2D eigenvalue weighted by atomic mass is 10.5. The van der Waals surface area contributed by atoms with Crippen LogP contribution in [-0.4, -0.2) is 17.1 Å². The Hall–Kier alpha value is -0.970. The van der Waals surface area contributed by atoms with Gasteiger partial charge in [-0.05, 0) is 0 Å². The van der Waals surface area contributed by atoms with Crippen molar-refractivity contribution in [1.82, 2.24) is 9.71 Å². The van der Waals surface area contributed by atoms with Crippen LogP contribution in [0.25, 0.3) is 0 Å². The summed E-state index contributed by atoms with van der Waals surface area (Å²) in [7, 11) is 0. The van der Waals surface area contributed by atoms with E-state index in [1.165, 1.54) is 18.2 Å². The van der Waals surface area contributed by atoms with Gasteiger partial charge >= 0.3 is 0 Å². The Morgan fingerprint density at radius 1 is 1.82 bits per heavy atom. The first-order valence-corrected chi connectivity index (χ1v) is 4.22. The van der Waals surface area contributed by atoms with Crippen LogP contribution in [0.1, 0.15) is 16.4 Å². The Morgan fingerprint density at radius 2 is 2.55 bits per heavy atom. The molecule has 0 radical (unpaired) electrons. The standard InChI is InChI=1S/C6H8N2O2S/c1-4-7-5(3-10-4)6(9)8-11-2/h3H,1-2H3,(H,8,9). The van der Waals surface area contributed by atoms with E-state index in [1.807, 2.05) is 0 Å². The largest absolute Gasteiger partial charge is 0.448 e. The molecule has 0 saturated heterocycles. The summed E-state index contributed by atoms with van der Waals surface area (Å²) < 4.78 is 7.38. The number of hydrogen-bond acceptors (Lipinski definition) is 4. The van der Waals surface area contributed by atoms with Crippen molar-refractivity contribution in [2.45, 2.75) is 6.92 Å². The van der Waals surface area contributed by atoms with Gasteiger partial charge in [-0.2, -0.15) is 0 Å². The van der Waals surface area contributed by atoms with E-state index in [0.29, 0.717) is 11.6 Å². The number of oxazole rings is 1. The van der Waals surface area contributed by atoms with Gasteiger partial charge in [0.2, 0.25) is 0 Å². The molecule has 1 amide bonds. The fourth-order valence-electron chi connectivity index (χ4n) is 0.613. The molecule has 1 N–H and O–H groups in total. The molecule has 1 rings (SSSR count). The van der Waals surface area contributed by atoms with E-state index in [0.717, 1.165) is 0 Å². The highest BCUT2D eigenvalue weighted by atomic mass is 32.2. The van der Waals surface area contributed by atoms with Gasteiger partial charge in [0.1, 0.15) is 6.26 Å². The lowest BCUT2D eigenvalue weighted by molar-refractivity contribution is 0.0979. The molecule has 0 spiro atoms. The van der Waals surface area contributed by atoms with E-state index in [4.69, 9.17) is 4.42 Å². The summed E-state index contributed by atoms with van der Waals surface area (Å²) in [4.78, 5) is 14.8. The molecule has 0 fully saturated rings. The van der Waals surface area contributed by atoms with E-state index < -0.39 is 0 Å². The van der Waals surface area contributed by atoms with Gasteiger partial charge in [0.25, 0.3) is 5.91 Å². The Balaban J connectivity index is 2.69. The summed E-state index contributed by atoms with van der Waals surface area (Å²) in [5.41, 5.74) is 0.317. The monoisotopic (exact) mass is 172 g/mol. The lowest BCUT2D eigenvalue weighted by Crippen LogP contribution is -2.15. The van der Waals surface area contributed by atoms with Gasteiger partial charge < -0.3 is 4.42 Å². The van der Waals surface area contributed by atoms with Crippen molar-refractivity contribution in [3.05, 3.63) is 17.8 Å². The van der Waals surface area contributed by atoms with Crippen LogP contribution in [0.5, 0.6) is 0 Å². The Bertz CT molecular complexity index is 259. The van der Waals surface area contributed by atoms with E-state index in [2.05, 4.69) is 9.71 Å². The van der Waals surface area contributed by atoms with Crippen molar-refractivity contribution in [2.24, 2.45) is 0 Å². The second kappa shape index (κ2) is 3.43. The molecule has 0 atom stereocenters. The van der Waals surface area contributed by atoms with Crippen LogP contribution in [-0.2, 0) is 0 Å². The smallest absolute Gasteiger partial charge is 0.283 e. The molecule has 0 aliphatic carbocycles. The highest BCUT2D eigenvalue weighted by Crippen LogP contribution is 2.00. The molecular weight excluding hydrogens is 164 g/mol. The topological polar surface area (TPSA) is 55.1 Å². The summed E-state index contributed by atoms with van der Waals surface area (Å²) in [5, 5.41) is 0. The number of amides is 1. The zero-order chi connectivity index (χ0) is 8.27. The van der Waals surface area contributed by atoms with Crippen LogP contribution in [0, 0.1) is 6.92 Å². The van der Waals surface area contributed by atoms with Gasteiger partial charge in [0.15, 0.2) is 11.6 Å². The second-order valence-electron chi connectivity index (χ2n) is 1.89. The number of hydrogen-bond donors (Lipinski definition) is 1. The van der Waals surface area contributed by atoms with E-state index >= 15 is 0 Å². The number of nitrogens with zero attached hydrogens (tertiary/aromatic N) is 1. The van der Waals surface area contributed by atoms with Crippen molar-refractivity contribution in [3.63, 3.8) is 0 Å². The first-order valence-electron chi connectivity index (χ1n) is 2.99. The van der Waals surface area contributed by atoms with Crippen molar-refractivity contribution < 1.29 is 9.21 Å². The third-order valence-electron chi connectivity index (χ3n) is 1.05. The lowest BCUT2D eigenvalue weighted by Gasteiger charge is -1.93. The van der Waals surface area contributed by atoms with Gasteiger partial charge in [0, 0.05) is 13.2 Å². The molecule has 11 heavy (non-hydrogen) atoms. The molecule has 60 valence electrons. The molecule has 0 bridgehead atoms. The first-order chi connectivity index (χ1) is 5.24.